The van der Waals surface area contributed by atoms with Crippen LogP contribution in [0.3, 0.4) is 0 Å². The maximum atomic E-state index is 13.5. The van der Waals surface area contributed by atoms with E-state index in [0.717, 1.165) is 27.3 Å². The number of benzene rings is 2. The van der Waals surface area contributed by atoms with Crippen molar-refractivity contribution >= 4 is 39.0 Å². The van der Waals surface area contributed by atoms with Gasteiger partial charge in [-0.2, -0.15) is 9.78 Å². The number of rotatable bonds is 9. The van der Waals surface area contributed by atoms with Crippen molar-refractivity contribution in [2.24, 2.45) is 0 Å². The van der Waals surface area contributed by atoms with E-state index in [1.165, 1.54) is 7.11 Å². The molecule has 9 nitrogen and oxygen atoms in total. The number of aromatic nitrogens is 2. The van der Waals surface area contributed by atoms with Crippen LogP contribution in [0.15, 0.2) is 58.7 Å². The topological polar surface area (TPSA) is 109 Å². The van der Waals surface area contributed by atoms with Crippen LogP contribution in [0.4, 0.5) is 5.00 Å². The number of thiophene rings is 1. The first-order valence-corrected chi connectivity index (χ1v) is 12.2. The van der Waals surface area contributed by atoms with Crippen LogP contribution in [-0.4, -0.2) is 42.0 Å². The average Bonchev–Trinajstić information content (AvgIpc) is 3.30. The van der Waals surface area contributed by atoms with Crippen LogP contribution in [0.2, 0.25) is 0 Å². The molecule has 0 saturated carbocycles. The monoisotopic (exact) mass is 507 g/mol. The highest BCUT2D eigenvalue weighted by atomic mass is 32.1. The zero-order chi connectivity index (χ0) is 25.7. The number of ether oxygens (including phenoxy) is 3. The Balaban J connectivity index is 1.71. The third-order valence-electron chi connectivity index (χ3n) is 5.29. The number of esters is 1. The molecule has 0 aliphatic rings. The standard InChI is InChI=1S/C26H25N3O6S/c1-4-34-19-10-6-16(7-11-19)14-21(30)27-24-22-20(15-36-24)23(26(32)35-5-2)28-29(25(22)31)17-8-12-18(33-3)13-9-17/h6-13,15H,4-5,14H2,1-3H3,(H,27,30). The molecule has 10 heteroatoms. The molecule has 4 aromatic rings. The Hall–Kier alpha value is -4.18. The van der Waals surface area contributed by atoms with Gasteiger partial charge in [-0.25, -0.2) is 4.79 Å². The Bertz CT molecular complexity index is 1440. The minimum absolute atomic E-state index is 0.00877. The molecular formula is C26H25N3O6S. The minimum Gasteiger partial charge on any atom is -0.497 e. The van der Waals surface area contributed by atoms with E-state index in [4.69, 9.17) is 14.2 Å². The number of carbonyl (C=O) groups excluding carboxylic acids is 2. The minimum atomic E-state index is -0.658. The molecule has 0 unspecified atom stereocenters. The molecule has 36 heavy (non-hydrogen) atoms. The smallest absolute Gasteiger partial charge is 0.359 e. The van der Waals surface area contributed by atoms with Gasteiger partial charge < -0.3 is 19.5 Å². The fourth-order valence-electron chi connectivity index (χ4n) is 3.62. The van der Waals surface area contributed by atoms with Crippen molar-refractivity contribution in [3.63, 3.8) is 0 Å². The fourth-order valence-corrected chi connectivity index (χ4v) is 4.57. The number of nitrogens with one attached hydrogen (secondary N) is 1. The van der Waals surface area contributed by atoms with Crippen LogP contribution in [0.1, 0.15) is 29.9 Å². The highest BCUT2D eigenvalue weighted by Gasteiger charge is 2.23. The SMILES string of the molecule is CCOC(=O)c1nn(-c2ccc(OC)cc2)c(=O)c2c(NC(=O)Cc3ccc(OCC)cc3)scc12. The maximum absolute atomic E-state index is 13.5. The van der Waals surface area contributed by atoms with Gasteiger partial charge in [-0.05, 0) is 55.8 Å². The fraction of sp³-hybridized carbons (Fsp3) is 0.231. The summed E-state index contributed by atoms with van der Waals surface area (Å²) in [6, 6.07) is 13.9. The maximum Gasteiger partial charge on any atom is 0.359 e. The molecule has 2 aromatic carbocycles. The van der Waals surface area contributed by atoms with Crippen LogP contribution in [0.5, 0.6) is 11.5 Å². The Morgan fingerprint density at radius 3 is 2.33 bits per heavy atom. The van der Waals surface area contributed by atoms with Crippen LogP contribution < -0.4 is 20.3 Å². The third kappa shape index (κ3) is 5.23. The molecule has 4 rings (SSSR count). The summed E-state index contributed by atoms with van der Waals surface area (Å²) in [5, 5.41) is 9.60. The molecular weight excluding hydrogens is 482 g/mol. The highest BCUT2D eigenvalue weighted by molar-refractivity contribution is 7.16. The van der Waals surface area contributed by atoms with Crippen molar-refractivity contribution in [1.82, 2.24) is 9.78 Å². The molecule has 186 valence electrons. The van der Waals surface area contributed by atoms with Crippen molar-refractivity contribution in [2.75, 3.05) is 25.6 Å². The first-order valence-electron chi connectivity index (χ1n) is 11.3. The molecule has 2 heterocycles. The Morgan fingerprint density at radius 2 is 1.69 bits per heavy atom. The number of amides is 1. The van der Waals surface area contributed by atoms with Gasteiger partial charge in [0.25, 0.3) is 5.56 Å². The van der Waals surface area contributed by atoms with Gasteiger partial charge in [-0.1, -0.05) is 12.1 Å². The molecule has 1 amide bonds. The summed E-state index contributed by atoms with van der Waals surface area (Å²) in [4.78, 5) is 39.0. The Kier molecular flexibility index (Phi) is 7.65. The van der Waals surface area contributed by atoms with E-state index in [9.17, 15) is 14.4 Å². The molecule has 1 N–H and O–H groups in total. The molecule has 0 spiro atoms. The second kappa shape index (κ2) is 11.0. The molecule has 0 radical (unpaired) electrons. The molecule has 0 saturated heterocycles. The van der Waals surface area contributed by atoms with Crippen LogP contribution in [-0.2, 0) is 16.0 Å². The van der Waals surface area contributed by atoms with Crippen LogP contribution in [0, 0.1) is 0 Å². The molecule has 0 bridgehead atoms. The summed E-state index contributed by atoms with van der Waals surface area (Å²) in [5.74, 6) is 0.378. The molecule has 0 aliphatic heterocycles. The van der Waals surface area contributed by atoms with Crippen LogP contribution in [0.25, 0.3) is 16.5 Å². The van der Waals surface area contributed by atoms with E-state index < -0.39 is 11.5 Å². The average molecular weight is 508 g/mol. The predicted octanol–water partition coefficient (Wildman–Crippen LogP) is 4.21. The second-order valence-corrected chi connectivity index (χ2v) is 8.52. The molecule has 0 atom stereocenters. The predicted molar refractivity (Wildman–Crippen MR) is 138 cm³/mol. The summed E-state index contributed by atoms with van der Waals surface area (Å²) < 4.78 is 16.9. The Labute approximate surface area is 211 Å². The van der Waals surface area contributed by atoms with Crippen molar-refractivity contribution in [1.29, 1.82) is 0 Å². The summed E-state index contributed by atoms with van der Waals surface area (Å²) in [6.45, 7) is 4.30. The lowest BCUT2D eigenvalue weighted by Gasteiger charge is -2.10. The zero-order valence-corrected chi connectivity index (χ0v) is 20.9. The van der Waals surface area contributed by atoms with Crippen molar-refractivity contribution in [2.45, 2.75) is 20.3 Å². The van der Waals surface area contributed by atoms with Gasteiger partial charge in [0.05, 0.1) is 37.8 Å². The quantitative estimate of drug-likeness (QED) is 0.338. The summed E-state index contributed by atoms with van der Waals surface area (Å²) in [7, 11) is 1.54. The van der Waals surface area contributed by atoms with E-state index in [1.807, 2.05) is 19.1 Å². The highest BCUT2D eigenvalue weighted by Crippen LogP contribution is 2.31. The largest absolute Gasteiger partial charge is 0.497 e. The number of hydrogen-bond acceptors (Lipinski definition) is 8. The van der Waals surface area contributed by atoms with Gasteiger partial charge in [0, 0.05) is 10.8 Å². The molecule has 0 aliphatic carbocycles. The number of fused-ring (bicyclic) bond motifs is 1. The zero-order valence-electron chi connectivity index (χ0n) is 20.1. The van der Waals surface area contributed by atoms with E-state index in [1.54, 1.807) is 48.7 Å². The number of anilines is 1. The number of hydrogen-bond donors (Lipinski definition) is 1. The summed E-state index contributed by atoms with van der Waals surface area (Å²) in [5.41, 5.74) is 0.749. The van der Waals surface area contributed by atoms with Gasteiger partial charge >= 0.3 is 5.97 Å². The normalized spacial score (nSPS) is 10.8. The summed E-state index contributed by atoms with van der Waals surface area (Å²) >= 11 is 1.15. The van der Waals surface area contributed by atoms with E-state index in [2.05, 4.69) is 10.4 Å². The van der Waals surface area contributed by atoms with Gasteiger partial charge in [-0.15, -0.1) is 11.3 Å². The lowest BCUT2D eigenvalue weighted by molar-refractivity contribution is -0.115. The lowest BCUT2D eigenvalue weighted by atomic mass is 10.1. The molecule has 2 aromatic heterocycles. The van der Waals surface area contributed by atoms with Gasteiger partial charge in [0.2, 0.25) is 5.91 Å². The number of nitrogens with zero attached hydrogens (tertiary/aromatic N) is 2. The first-order chi connectivity index (χ1) is 17.4. The van der Waals surface area contributed by atoms with Gasteiger partial charge in [-0.3, -0.25) is 9.59 Å². The van der Waals surface area contributed by atoms with E-state index in [-0.39, 0.29) is 30.0 Å². The van der Waals surface area contributed by atoms with E-state index in [0.29, 0.717) is 28.4 Å². The van der Waals surface area contributed by atoms with Crippen molar-refractivity contribution in [3.05, 3.63) is 75.5 Å². The summed E-state index contributed by atoms with van der Waals surface area (Å²) in [6.07, 6.45) is 0.105. The molecule has 0 fully saturated rings. The van der Waals surface area contributed by atoms with Gasteiger partial charge in [0.1, 0.15) is 16.5 Å². The van der Waals surface area contributed by atoms with Crippen LogP contribution >= 0.6 is 11.3 Å². The van der Waals surface area contributed by atoms with Gasteiger partial charge in [0.15, 0.2) is 5.69 Å². The number of methoxy groups -OCH3 is 1. The third-order valence-corrected chi connectivity index (χ3v) is 6.19. The second-order valence-electron chi connectivity index (χ2n) is 7.64. The Morgan fingerprint density at radius 1 is 1.00 bits per heavy atom. The lowest BCUT2D eigenvalue weighted by Crippen LogP contribution is -2.25. The van der Waals surface area contributed by atoms with E-state index >= 15 is 0 Å². The van der Waals surface area contributed by atoms with Crippen molar-refractivity contribution < 1.29 is 23.8 Å². The number of carbonyl (C=O) groups is 2. The first kappa shape index (κ1) is 24.9. The van der Waals surface area contributed by atoms with Crippen molar-refractivity contribution in [3.8, 4) is 17.2 Å².